The van der Waals surface area contributed by atoms with Crippen molar-refractivity contribution in [3.8, 4) is 0 Å². The van der Waals surface area contributed by atoms with Crippen LogP contribution < -0.4 is 10.2 Å². The Balaban J connectivity index is 2.21. The van der Waals surface area contributed by atoms with Gasteiger partial charge < -0.3 is 15.0 Å². The van der Waals surface area contributed by atoms with Crippen molar-refractivity contribution in [2.45, 2.75) is 19.8 Å². The molecule has 120 valence electrons. The van der Waals surface area contributed by atoms with Crippen LogP contribution in [0.3, 0.4) is 0 Å². The maximum atomic E-state index is 11.5. The zero-order valence-electron chi connectivity index (χ0n) is 12.6. The number of methoxy groups -OCH3 is 1. The topological polar surface area (TPSA) is 110 Å². The molecule has 2 rings (SSSR count). The van der Waals surface area contributed by atoms with E-state index in [9.17, 15) is 14.9 Å². The zero-order chi connectivity index (χ0) is 16.1. The highest BCUT2D eigenvalue weighted by molar-refractivity contribution is 5.74. The summed E-state index contributed by atoms with van der Waals surface area (Å²) in [7, 11) is 1.37. The minimum Gasteiger partial charge on any atom is -0.469 e. The monoisotopic (exact) mass is 309 g/mol. The predicted molar refractivity (Wildman–Crippen MR) is 79.8 cm³/mol. The molecule has 1 N–H and O–H groups in total. The minimum atomic E-state index is -0.472. The van der Waals surface area contributed by atoms with Crippen molar-refractivity contribution < 1.29 is 14.5 Å². The highest BCUT2D eigenvalue weighted by atomic mass is 16.6. The Labute approximate surface area is 127 Å². The Morgan fingerprint density at radius 1 is 1.50 bits per heavy atom. The third kappa shape index (κ3) is 3.23. The van der Waals surface area contributed by atoms with Crippen LogP contribution in [0.5, 0.6) is 0 Å². The van der Waals surface area contributed by atoms with Gasteiger partial charge in [-0.15, -0.1) is 0 Å². The number of esters is 1. The van der Waals surface area contributed by atoms with E-state index < -0.39 is 4.92 Å². The molecule has 1 aliphatic rings. The molecule has 1 aliphatic heterocycles. The number of nitrogens with zero attached hydrogens (tertiary/aromatic N) is 4. The van der Waals surface area contributed by atoms with Crippen molar-refractivity contribution in [1.82, 2.24) is 9.97 Å². The molecule has 1 aromatic rings. The van der Waals surface area contributed by atoms with Crippen LogP contribution >= 0.6 is 0 Å². The quantitative estimate of drug-likeness (QED) is 0.491. The van der Waals surface area contributed by atoms with E-state index in [0.29, 0.717) is 38.3 Å². The van der Waals surface area contributed by atoms with Crippen LogP contribution in [0.1, 0.15) is 19.8 Å². The second kappa shape index (κ2) is 7.01. The van der Waals surface area contributed by atoms with Crippen LogP contribution in [0.2, 0.25) is 0 Å². The van der Waals surface area contributed by atoms with E-state index >= 15 is 0 Å². The van der Waals surface area contributed by atoms with Gasteiger partial charge in [0.2, 0.25) is 11.6 Å². The Hall–Kier alpha value is -2.45. The summed E-state index contributed by atoms with van der Waals surface area (Å²) in [6.07, 6.45) is 2.49. The smallest absolute Gasteiger partial charge is 0.353 e. The summed E-state index contributed by atoms with van der Waals surface area (Å²) in [6, 6.07) is 0. The number of carbonyl (C=O) groups is 1. The van der Waals surface area contributed by atoms with Gasteiger partial charge in [-0.1, -0.05) is 0 Å². The molecular weight excluding hydrogens is 290 g/mol. The molecule has 0 aromatic carbocycles. The lowest BCUT2D eigenvalue weighted by atomic mass is 9.97. The van der Waals surface area contributed by atoms with Crippen LogP contribution in [-0.2, 0) is 9.53 Å². The summed E-state index contributed by atoms with van der Waals surface area (Å²) in [5, 5.41) is 14.2. The number of anilines is 2. The fourth-order valence-corrected chi connectivity index (χ4v) is 2.56. The molecular formula is C13H19N5O4. The van der Waals surface area contributed by atoms with E-state index in [1.165, 1.54) is 13.4 Å². The van der Waals surface area contributed by atoms with Gasteiger partial charge in [0, 0.05) is 19.6 Å². The van der Waals surface area contributed by atoms with Gasteiger partial charge in [0.05, 0.1) is 18.0 Å². The first kappa shape index (κ1) is 15.9. The summed E-state index contributed by atoms with van der Waals surface area (Å²) in [5.74, 6) is 0.118. The van der Waals surface area contributed by atoms with Crippen molar-refractivity contribution in [1.29, 1.82) is 0 Å². The molecule has 0 aliphatic carbocycles. The van der Waals surface area contributed by atoms with E-state index in [1.54, 1.807) is 0 Å². The van der Waals surface area contributed by atoms with Crippen LogP contribution in [-0.4, -0.2) is 47.6 Å². The van der Waals surface area contributed by atoms with Gasteiger partial charge in [-0.3, -0.25) is 14.9 Å². The number of carbonyl (C=O) groups excluding carboxylic acids is 1. The summed E-state index contributed by atoms with van der Waals surface area (Å²) < 4.78 is 4.74. The molecule has 0 spiro atoms. The fourth-order valence-electron chi connectivity index (χ4n) is 2.56. The van der Waals surface area contributed by atoms with E-state index in [4.69, 9.17) is 4.74 Å². The molecule has 2 heterocycles. The lowest BCUT2D eigenvalue weighted by molar-refractivity contribution is -0.383. The maximum Gasteiger partial charge on any atom is 0.353 e. The van der Waals surface area contributed by atoms with Crippen molar-refractivity contribution >= 4 is 23.3 Å². The highest BCUT2D eigenvalue weighted by Gasteiger charge is 2.31. The molecule has 0 saturated carbocycles. The molecule has 0 amide bonds. The minimum absolute atomic E-state index is 0.124. The average molecular weight is 309 g/mol. The normalized spacial score (nSPS) is 15.5. The van der Waals surface area contributed by atoms with Gasteiger partial charge in [0.1, 0.15) is 6.33 Å². The largest absolute Gasteiger partial charge is 0.469 e. The predicted octanol–water partition coefficient (Wildman–Crippen LogP) is 1.21. The number of hydrogen-bond acceptors (Lipinski definition) is 8. The molecule has 0 radical (unpaired) electrons. The van der Waals surface area contributed by atoms with E-state index in [0.717, 1.165) is 0 Å². The zero-order valence-corrected chi connectivity index (χ0v) is 12.6. The summed E-state index contributed by atoms with van der Waals surface area (Å²) in [4.78, 5) is 32.3. The van der Waals surface area contributed by atoms with Crippen molar-refractivity contribution in [3.63, 3.8) is 0 Å². The average Bonchev–Trinajstić information content (AvgIpc) is 2.54. The molecule has 0 atom stereocenters. The number of nitrogens with one attached hydrogen (secondary N) is 1. The van der Waals surface area contributed by atoms with E-state index in [1.807, 2.05) is 11.8 Å². The Bertz CT molecular complexity index is 557. The number of piperidine rings is 1. The maximum absolute atomic E-state index is 11.5. The van der Waals surface area contributed by atoms with Crippen LogP contribution in [0.4, 0.5) is 17.3 Å². The molecule has 1 fully saturated rings. The lowest BCUT2D eigenvalue weighted by Gasteiger charge is -2.31. The standard InChI is InChI=1S/C13H19N5O4/c1-3-14-11-10(18(20)21)12(16-8-15-11)17-6-4-9(5-7-17)13(19)22-2/h8-9H,3-7H2,1-2H3,(H,14,15,16). The number of nitro groups is 1. The Morgan fingerprint density at radius 3 is 2.73 bits per heavy atom. The van der Waals surface area contributed by atoms with Gasteiger partial charge >= 0.3 is 11.7 Å². The van der Waals surface area contributed by atoms with Gasteiger partial charge in [0.15, 0.2) is 0 Å². The van der Waals surface area contributed by atoms with Gasteiger partial charge in [-0.25, -0.2) is 9.97 Å². The lowest BCUT2D eigenvalue weighted by Crippen LogP contribution is -2.37. The van der Waals surface area contributed by atoms with Crippen molar-refractivity contribution in [2.24, 2.45) is 5.92 Å². The number of ether oxygens (including phenoxy) is 1. The Kier molecular flexibility index (Phi) is 5.08. The first-order valence-corrected chi connectivity index (χ1v) is 7.14. The Morgan fingerprint density at radius 2 is 2.18 bits per heavy atom. The third-order valence-corrected chi connectivity index (χ3v) is 3.66. The summed E-state index contributed by atoms with van der Waals surface area (Å²) in [5.41, 5.74) is -0.124. The third-order valence-electron chi connectivity index (χ3n) is 3.66. The molecule has 1 aromatic heterocycles. The number of aromatic nitrogens is 2. The fraction of sp³-hybridized carbons (Fsp3) is 0.615. The number of hydrogen-bond donors (Lipinski definition) is 1. The van der Waals surface area contributed by atoms with Crippen LogP contribution in [0.15, 0.2) is 6.33 Å². The molecule has 0 unspecified atom stereocenters. The summed E-state index contributed by atoms with van der Waals surface area (Å²) in [6.45, 7) is 3.40. The SMILES string of the molecule is CCNc1ncnc(N2CCC(C(=O)OC)CC2)c1[N+](=O)[O-]. The molecule has 9 nitrogen and oxygen atoms in total. The molecule has 0 bridgehead atoms. The van der Waals surface area contributed by atoms with Crippen LogP contribution in [0.25, 0.3) is 0 Å². The second-order valence-corrected chi connectivity index (χ2v) is 4.97. The molecule has 22 heavy (non-hydrogen) atoms. The van der Waals surface area contributed by atoms with Crippen molar-refractivity contribution in [3.05, 3.63) is 16.4 Å². The van der Waals surface area contributed by atoms with Gasteiger partial charge in [-0.05, 0) is 19.8 Å². The molecule has 1 saturated heterocycles. The first-order valence-electron chi connectivity index (χ1n) is 7.14. The highest BCUT2D eigenvalue weighted by Crippen LogP contribution is 2.34. The van der Waals surface area contributed by atoms with E-state index in [-0.39, 0.29) is 23.4 Å². The van der Waals surface area contributed by atoms with Crippen LogP contribution in [0, 0.1) is 16.0 Å². The van der Waals surface area contributed by atoms with E-state index in [2.05, 4.69) is 15.3 Å². The second-order valence-electron chi connectivity index (χ2n) is 4.97. The number of rotatable bonds is 5. The first-order chi connectivity index (χ1) is 10.6. The molecule has 9 heteroatoms. The summed E-state index contributed by atoms with van der Waals surface area (Å²) >= 11 is 0. The van der Waals surface area contributed by atoms with Crippen molar-refractivity contribution in [2.75, 3.05) is 37.0 Å². The van der Waals surface area contributed by atoms with Gasteiger partial charge in [-0.2, -0.15) is 0 Å². The van der Waals surface area contributed by atoms with Gasteiger partial charge in [0.25, 0.3) is 0 Å².